The number of allylic oxidation sites excluding steroid dienone is 2. The molecule has 56 heavy (non-hydrogen) atoms. The van der Waals surface area contributed by atoms with E-state index in [2.05, 4.69) is 152 Å². The minimum atomic E-state index is -4.91. The van der Waals surface area contributed by atoms with Crippen molar-refractivity contribution in [1.82, 2.24) is 0 Å². The van der Waals surface area contributed by atoms with E-state index < -0.39 is 21.5 Å². The second-order valence-electron chi connectivity index (χ2n) is 20.5. The molecule has 4 heteroatoms. The Hall–Kier alpha value is -1.96. The van der Waals surface area contributed by atoms with Gasteiger partial charge in [0.25, 0.3) is 0 Å². The molecule has 0 heterocycles. The number of hydrogen-bond acceptors (Lipinski definition) is 0. The molecule has 4 bridgehead atoms. The predicted molar refractivity (Wildman–Crippen MR) is 244 cm³/mol. The first-order valence-electron chi connectivity index (χ1n) is 22.1. The molecule has 6 aliphatic rings. The van der Waals surface area contributed by atoms with E-state index in [-0.39, 0.29) is 12.7 Å². The van der Waals surface area contributed by atoms with E-state index >= 15 is 0 Å². The van der Waals surface area contributed by atoms with Gasteiger partial charge in [0.1, 0.15) is 0 Å². The van der Waals surface area contributed by atoms with Crippen molar-refractivity contribution in [2.75, 3.05) is 0 Å². The monoisotopic (exact) mass is 875 g/mol. The van der Waals surface area contributed by atoms with Gasteiger partial charge in [-0.25, -0.2) is 0 Å². The Kier molecular flexibility index (Phi) is 9.92. The Balaban J connectivity index is 1.14. The van der Waals surface area contributed by atoms with E-state index in [0.29, 0.717) is 11.3 Å². The second-order valence-corrected chi connectivity index (χ2v) is 63.0. The van der Waals surface area contributed by atoms with Gasteiger partial charge < -0.3 is 0 Å². The van der Waals surface area contributed by atoms with Crippen LogP contribution in [-0.2, 0) is 26.4 Å². The molecule has 4 fully saturated rings. The maximum absolute atomic E-state index is 8.86. The van der Waals surface area contributed by atoms with E-state index in [9.17, 15) is 0 Å². The normalized spacial score (nSPS) is 27.8. The summed E-state index contributed by atoms with van der Waals surface area (Å²) in [5.74, 6) is 1.60. The van der Waals surface area contributed by atoms with Crippen molar-refractivity contribution in [3.63, 3.8) is 0 Å². The third-order valence-electron chi connectivity index (χ3n) is 16.0. The van der Waals surface area contributed by atoms with Crippen LogP contribution in [0.15, 0.2) is 96.1 Å². The molecule has 6 aliphatic carbocycles. The molecule has 0 aromatic heterocycles. The number of rotatable bonds is 9. The molecule has 0 spiro atoms. The molecule has 4 saturated carbocycles. The average molecular weight is 878 g/mol. The molecule has 4 aromatic rings. The Morgan fingerprint density at radius 3 is 1.68 bits per heavy atom. The first-order valence-corrected chi connectivity index (χ1v) is 38.4. The topological polar surface area (TPSA) is 0 Å². The summed E-state index contributed by atoms with van der Waals surface area (Å²) in [6.45, 7) is 18.9. The fourth-order valence-corrected chi connectivity index (χ4v) is 44.6. The van der Waals surface area contributed by atoms with Crippen LogP contribution in [0.25, 0.3) is 34.4 Å². The van der Waals surface area contributed by atoms with Crippen LogP contribution in [0.5, 0.6) is 0 Å². The quantitative estimate of drug-likeness (QED) is 0.147. The fourth-order valence-electron chi connectivity index (χ4n) is 13.1. The van der Waals surface area contributed by atoms with Gasteiger partial charge in [-0.15, -0.1) is 0 Å². The van der Waals surface area contributed by atoms with Crippen molar-refractivity contribution < 1.29 is 15.6 Å². The summed E-state index contributed by atoms with van der Waals surface area (Å²) in [7, 11) is 17.7. The summed E-state index contributed by atoms with van der Waals surface area (Å²) in [4.78, 5) is 0. The van der Waals surface area contributed by atoms with Gasteiger partial charge in [-0.3, -0.25) is 0 Å². The molecule has 0 radical (unpaired) electrons. The molecule has 10 rings (SSSR count). The van der Waals surface area contributed by atoms with E-state index in [1.54, 1.807) is 5.56 Å². The van der Waals surface area contributed by atoms with Gasteiger partial charge in [-0.2, -0.15) is 0 Å². The van der Waals surface area contributed by atoms with Gasteiger partial charge in [0.15, 0.2) is 0 Å². The minimum absolute atomic E-state index is 0.0966. The summed E-state index contributed by atoms with van der Waals surface area (Å²) in [5.41, 5.74) is 17.2. The van der Waals surface area contributed by atoms with Crippen LogP contribution in [0.4, 0.5) is 0 Å². The third-order valence-corrected chi connectivity index (χ3v) is 67.7. The summed E-state index contributed by atoms with van der Waals surface area (Å²) >= 11 is -4.91. The Bertz CT molecular complexity index is 2200. The molecule has 0 N–H and O–H groups in total. The van der Waals surface area contributed by atoms with E-state index in [4.69, 9.17) is 17.0 Å². The van der Waals surface area contributed by atoms with Crippen LogP contribution in [-0.4, -0.2) is 5.92 Å². The number of benzene rings is 4. The van der Waals surface area contributed by atoms with Gasteiger partial charge in [0.2, 0.25) is 0 Å². The molecule has 3 atom stereocenters. The zero-order valence-electron chi connectivity index (χ0n) is 35.2. The molecule has 0 aliphatic heterocycles. The van der Waals surface area contributed by atoms with Crippen molar-refractivity contribution >= 4 is 35.1 Å². The van der Waals surface area contributed by atoms with Gasteiger partial charge in [-0.05, 0) is 0 Å². The fraction of sp³-hybridized carbons (Fsp3) is 0.462. The van der Waals surface area contributed by atoms with Crippen LogP contribution in [0.2, 0.25) is 13.1 Å². The molecule has 0 saturated heterocycles. The summed E-state index contributed by atoms with van der Waals surface area (Å²) in [6, 6.07) is 33.3. The van der Waals surface area contributed by atoms with Gasteiger partial charge in [-0.1, -0.05) is 0 Å². The standard InChI is InChI=1S/C27H29.C23H27.C2H7Si.2ClH.Zr/c1-2-18-13-23-4-3-5-25(26(23)14-18)22-6-8-24(9-7-22)27-15-19-10-20(16-27)12-21(11-19)17-27;1-6-16(2)19-14-18-8-7-9-21(22(18)15-19)17-10-12-20(13-11-17)23(3,4)5;1-3-2;;;/h3-9,13-14,19-21H,2,10-12,15-17H2,1H3;7-16H,6H2,1-5H3;3H,1-2H3;2*1H;/q;;;;;+2/p-2. The van der Waals surface area contributed by atoms with E-state index in [0.717, 1.165) is 30.6 Å². The summed E-state index contributed by atoms with van der Waals surface area (Å²) < 4.78 is 0.204. The molecule has 3 unspecified atom stereocenters. The Labute approximate surface area is 347 Å². The molecular weight excluding hydrogens is 815 g/mol. The van der Waals surface area contributed by atoms with Crippen LogP contribution in [0.1, 0.15) is 134 Å². The molecular formula is C52H63Cl2SiZr. The first-order chi connectivity index (χ1) is 26.6. The van der Waals surface area contributed by atoms with Crippen LogP contribution in [0, 0.1) is 23.7 Å². The summed E-state index contributed by atoms with van der Waals surface area (Å²) in [6.07, 6.45) is 15.8. The van der Waals surface area contributed by atoms with E-state index in [1.165, 1.54) is 99.7 Å². The van der Waals surface area contributed by atoms with Crippen LogP contribution < -0.4 is 0 Å². The zero-order valence-corrected chi connectivity index (χ0v) is 40.3. The number of halogens is 2. The van der Waals surface area contributed by atoms with Crippen molar-refractivity contribution in [1.29, 1.82) is 0 Å². The van der Waals surface area contributed by atoms with Crippen molar-refractivity contribution in [2.24, 2.45) is 23.7 Å². The van der Waals surface area contributed by atoms with Crippen LogP contribution >= 0.6 is 17.0 Å². The van der Waals surface area contributed by atoms with E-state index in [1.807, 2.05) is 0 Å². The van der Waals surface area contributed by atoms with Gasteiger partial charge >= 0.3 is 350 Å². The Morgan fingerprint density at radius 2 is 1.20 bits per heavy atom. The summed E-state index contributed by atoms with van der Waals surface area (Å²) in [5, 5.41) is 0. The maximum atomic E-state index is 8.86. The Morgan fingerprint density at radius 1 is 0.696 bits per heavy atom. The average Bonchev–Trinajstić information content (AvgIpc) is 3.78. The zero-order chi connectivity index (χ0) is 39.4. The van der Waals surface area contributed by atoms with Crippen LogP contribution in [0.3, 0.4) is 0 Å². The first kappa shape index (κ1) is 39.5. The van der Waals surface area contributed by atoms with Gasteiger partial charge in [0, 0.05) is 0 Å². The second kappa shape index (κ2) is 14.1. The van der Waals surface area contributed by atoms with Crippen molar-refractivity contribution in [2.45, 2.75) is 124 Å². The van der Waals surface area contributed by atoms with Crippen molar-refractivity contribution in [3.8, 4) is 22.3 Å². The SMILES string of the molecule is CCC1=Cc2c(-c3ccc(C45CC6CC(CC(C6)C4)C5)cc3)cccc2[CH]1[Zr]([Cl])([Cl])([CH]1C(C(C)CC)=Cc2c(-c3ccc(C(C)(C)C)cc3)cccc21)[SiH](C)C. The molecule has 0 amide bonds. The third kappa shape index (κ3) is 6.10. The predicted octanol–water partition coefficient (Wildman–Crippen LogP) is 15.8. The molecule has 293 valence electrons. The number of hydrogen-bond donors (Lipinski definition) is 0. The molecule has 4 aromatic carbocycles. The number of fused-ring (bicyclic) bond motifs is 2. The van der Waals surface area contributed by atoms with Crippen molar-refractivity contribution in [3.05, 3.63) is 129 Å². The van der Waals surface area contributed by atoms with Gasteiger partial charge in [0.05, 0.1) is 0 Å². The molecule has 0 nitrogen and oxygen atoms in total.